The second-order valence-electron chi connectivity index (χ2n) is 9.03. The number of carboxylic acid groups (broad SMARTS) is 1. The van der Waals surface area contributed by atoms with E-state index >= 15 is 0 Å². The molecule has 0 spiro atoms. The van der Waals surface area contributed by atoms with Crippen LogP contribution in [0.5, 0.6) is 0 Å². The van der Waals surface area contributed by atoms with Gasteiger partial charge in [0.25, 0.3) is 5.91 Å². The molecule has 0 saturated carbocycles. The van der Waals surface area contributed by atoms with E-state index in [2.05, 4.69) is 5.32 Å². The first kappa shape index (κ1) is 24.1. The standard InChI is InChI=1S/C24H23FN2O5S.CH4/c1-24(2)17(8-20(32-24)21-16-4-3-13(25)6-18(16)26-22(21)29)12-5-15(33-11-12)10-27-9-14(28)7-19(27)23(30)31;/h3-6,8,11,14,19,28H,7,9-10H2,1-2H3,(H,26,29)(H,30,31);1H4/b21-20+;. The molecule has 3 aliphatic heterocycles. The zero-order valence-corrected chi connectivity index (χ0v) is 18.9. The third-order valence-electron chi connectivity index (χ3n) is 6.25. The number of likely N-dealkylation sites (tertiary alicyclic amines) is 1. The molecule has 34 heavy (non-hydrogen) atoms. The summed E-state index contributed by atoms with van der Waals surface area (Å²) in [6.07, 6.45) is 1.43. The number of hydrogen-bond donors (Lipinski definition) is 3. The van der Waals surface area contributed by atoms with Gasteiger partial charge in [-0.2, -0.15) is 0 Å². The number of allylic oxidation sites excluding steroid dienone is 1. The third-order valence-corrected chi connectivity index (χ3v) is 7.17. The van der Waals surface area contributed by atoms with Gasteiger partial charge in [-0.15, -0.1) is 11.3 Å². The van der Waals surface area contributed by atoms with Crippen molar-refractivity contribution in [3.05, 3.63) is 63.3 Å². The minimum Gasteiger partial charge on any atom is -0.482 e. The van der Waals surface area contributed by atoms with Gasteiger partial charge >= 0.3 is 5.97 Å². The number of thiophene rings is 1. The lowest BCUT2D eigenvalue weighted by molar-refractivity contribution is -0.142. The van der Waals surface area contributed by atoms with E-state index in [4.69, 9.17) is 4.74 Å². The van der Waals surface area contributed by atoms with E-state index in [1.165, 1.54) is 23.5 Å². The van der Waals surface area contributed by atoms with Gasteiger partial charge in [-0.3, -0.25) is 14.5 Å². The van der Waals surface area contributed by atoms with Crippen LogP contribution in [0, 0.1) is 5.82 Å². The quantitative estimate of drug-likeness (QED) is 0.563. The highest BCUT2D eigenvalue weighted by atomic mass is 32.1. The Balaban J connectivity index is 0.00000274. The van der Waals surface area contributed by atoms with Crippen LogP contribution in [0.4, 0.5) is 10.1 Å². The summed E-state index contributed by atoms with van der Waals surface area (Å²) in [4.78, 5) is 26.9. The van der Waals surface area contributed by atoms with Crippen LogP contribution in [0.2, 0.25) is 0 Å². The molecule has 1 fully saturated rings. The molecule has 0 bridgehead atoms. The molecule has 2 unspecified atom stereocenters. The first-order valence-electron chi connectivity index (χ1n) is 10.6. The fourth-order valence-corrected chi connectivity index (χ4v) is 5.63. The minimum atomic E-state index is -0.928. The van der Waals surface area contributed by atoms with Crippen molar-refractivity contribution >= 4 is 40.0 Å². The summed E-state index contributed by atoms with van der Waals surface area (Å²) in [6.45, 7) is 4.59. The van der Waals surface area contributed by atoms with Crippen molar-refractivity contribution in [1.29, 1.82) is 0 Å². The highest BCUT2D eigenvalue weighted by molar-refractivity contribution is 7.10. The number of anilines is 1. The maximum atomic E-state index is 13.6. The largest absolute Gasteiger partial charge is 0.482 e. The van der Waals surface area contributed by atoms with Gasteiger partial charge in [0.15, 0.2) is 0 Å². The van der Waals surface area contributed by atoms with Gasteiger partial charge in [-0.25, -0.2) is 4.39 Å². The molecule has 0 aliphatic carbocycles. The molecule has 1 amide bonds. The number of benzene rings is 1. The maximum absolute atomic E-state index is 13.6. The molecule has 4 heterocycles. The van der Waals surface area contributed by atoms with Crippen LogP contribution in [0.3, 0.4) is 0 Å². The summed E-state index contributed by atoms with van der Waals surface area (Å²) in [6, 6.07) is 5.47. The fourth-order valence-electron chi connectivity index (χ4n) is 4.72. The van der Waals surface area contributed by atoms with Crippen LogP contribution in [0.15, 0.2) is 41.5 Å². The predicted molar refractivity (Wildman–Crippen MR) is 129 cm³/mol. The molecule has 3 aliphatic rings. The van der Waals surface area contributed by atoms with Crippen molar-refractivity contribution in [3.63, 3.8) is 0 Å². The van der Waals surface area contributed by atoms with Crippen LogP contribution in [-0.2, 0) is 20.9 Å². The predicted octanol–water partition coefficient (Wildman–Crippen LogP) is 4.10. The van der Waals surface area contributed by atoms with E-state index in [1.54, 1.807) is 11.0 Å². The lowest BCUT2D eigenvalue weighted by atomic mass is 9.94. The Morgan fingerprint density at radius 2 is 2.12 bits per heavy atom. The average molecular weight is 487 g/mol. The van der Waals surface area contributed by atoms with E-state index < -0.39 is 29.5 Å². The van der Waals surface area contributed by atoms with Gasteiger partial charge in [-0.1, -0.05) is 7.43 Å². The Labute approximate surface area is 201 Å². The van der Waals surface area contributed by atoms with Crippen LogP contribution in [0.25, 0.3) is 11.1 Å². The van der Waals surface area contributed by atoms with E-state index in [9.17, 15) is 24.2 Å². The summed E-state index contributed by atoms with van der Waals surface area (Å²) in [5, 5.41) is 24.0. The van der Waals surface area contributed by atoms with Crippen LogP contribution in [-0.4, -0.2) is 51.3 Å². The topological polar surface area (TPSA) is 99.1 Å². The number of ether oxygens (including phenoxy) is 1. The van der Waals surface area contributed by atoms with Crippen molar-refractivity contribution < 1.29 is 28.9 Å². The number of fused-ring (bicyclic) bond motifs is 1. The third kappa shape index (κ3) is 4.15. The van der Waals surface area contributed by atoms with E-state index in [0.29, 0.717) is 35.7 Å². The SMILES string of the molecule is C.CC1(C)O/C(=C2/C(=O)Nc3cc(F)ccc32)C=C1c1csc(CN2CC(O)CC2C(=O)O)c1. The lowest BCUT2D eigenvalue weighted by Gasteiger charge is -2.23. The number of nitrogens with one attached hydrogen (secondary N) is 1. The second kappa shape index (κ2) is 8.65. The highest BCUT2D eigenvalue weighted by Crippen LogP contribution is 2.45. The Morgan fingerprint density at radius 3 is 2.85 bits per heavy atom. The zero-order chi connectivity index (χ0) is 23.5. The van der Waals surface area contributed by atoms with Crippen molar-refractivity contribution in [2.45, 2.75) is 52.0 Å². The van der Waals surface area contributed by atoms with E-state index in [1.807, 2.05) is 31.4 Å². The monoisotopic (exact) mass is 486 g/mol. The van der Waals surface area contributed by atoms with Gasteiger partial charge in [0.2, 0.25) is 0 Å². The Morgan fingerprint density at radius 1 is 1.35 bits per heavy atom. The van der Waals surface area contributed by atoms with Crippen LogP contribution >= 0.6 is 11.3 Å². The molecule has 0 radical (unpaired) electrons. The van der Waals surface area contributed by atoms with Gasteiger partial charge in [0.05, 0.1) is 17.4 Å². The molecule has 180 valence electrons. The second-order valence-corrected chi connectivity index (χ2v) is 10.0. The van der Waals surface area contributed by atoms with Gasteiger partial charge in [-0.05, 0) is 55.1 Å². The lowest BCUT2D eigenvalue weighted by Crippen LogP contribution is -2.35. The number of carboxylic acids is 1. The minimum absolute atomic E-state index is 0. The van der Waals surface area contributed by atoms with Gasteiger partial charge in [0.1, 0.15) is 23.2 Å². The van der Waals surface area contributed by atoms with Crippen molar-refractivity contribution in [3.8, 4) is 0 Å². The Kier molecular flexibility index (Phi) is 6.14. The number of aliphatic hydroxyl groups is 1. The normalized spacial score (nSPS) is 25.4. The molecule has 1 aromatic heterocycles. The molecule has 3 N–H and O–H groups in total. The molecule has 2 aromatic rings. The smallest absolute Gasteiger partial charge is 0.321 e. The van der Waals surface area contributed by atoms with Crippen LogP contribution in [0.1, 0.15) is 43.7 Å². The summed E-state index contributed by atoms with van der Waals surface area (Å²) in [5.74, 6) is -1.26. The molecule has 9 heteroatoms. The average Bonchev–Trinajstić information content (AvgIpc) is 3.46. The molecule has 7 nitrogen and oxygen atoms in total. The summed E-state index contributed by atoms with van der Waals surface area (Å²) < 4.78 is 19.8. The van der Waals surface area contributed by atoms with E-state index in [0.717, 1.165) is 16.0 Å². The molecular formula is C25H27FN2O5S. The number of rotatable bonds is 4. The number of carbonyl (C=O) groups excluding carboxylic acids is 1. The molecular weight excluding hydrogens is 459 g/mol. The maximum Gasteiger partial charge on any atom is 0.321 e. The van der Waals surface area contributed by atoms with E-state index in [-0.39, 0.29) is 19.8 Å². The number of β-amino-alcohol motifs (C(OH)–C–C–N with tert-alkyl or cyclic N) is 1. The van der Waals surface area contributed by atoms with Crippen LogP contribution < -0.4 is 5.32 Å². The molecule has 2 atom stereocenters. The summed E-state index contributed by atoms with van der Waals surface area (Å²) in [5.41, 5.74) is 2.52. The highest BCUT2D eigenvalue weighted by Gasteiger charge is 2.39. The number of aliphatic carboxylic acids is 1. The Bertz CT molecular complexity index is 1230. The summed E-state index contributed by atoms with van der Waals surface area (Å²) >= 11 is 1.51. The number of carbonyl (C=O) groups is 2. The number of amides is 1. The number of halogens is 1. The first-order valence-corrected chi connectivity index (χ1v) is 11.5. The summed E-state index contributed by atoms with van der Waals surface area (Å²) in [7, 11) is 0. The van der Waals surface area contributed by atoms with Crippen molar-refractivity contribution in [2.75, 3.05) is 11.9 Å². The fraction of sp³-hybridized carbons (Fsp3) is 0.360. The van der Waals surface area contributed by atoms with Crippen molar-refractivity contribution in [1.82, 2.24) is 4.90 Å². The van der Waals surface area contributed by atoms with Crippen molar-refractivity contribution in [2.24, 2.45) is 0 Å². The Hall–Kier alpha value is -3.01. The van der Waals surface area contributed by atoms with Gasteiger partial charge < -0.3 is 20.3 Å². The molecule has 1 aromatic carbocycles. The number of nitrogens with zero attached hydrogens (tertiary/aromatic N) is 1. The number of hydrogen-bond acceptors (Lipinski definition) is 6. The van der Waals surface area contributed by atoms with Gasteiger partial charge in [0, 0.05) is 35.5 Å². The zero-order valence-electron chi connectivity index (χ0n) is 18.1. The molecule has 1 saturated heterocycles. The molecule has 5 rings (SSSR count). The number of aliphatic hydroxyl groups excluding tert-OH is 1. The first-order chi connectivity index (χ1) is 15.6.